The quantitative estimate of drug-likeness (QED) is 0.0342. The first-order valence-corrected chi connectivity index (χ1v) is 17.8. The van der Waals surface area contributed by atoms with Gasteiger partial charge in [-0.1, -0.05) is 18.7 Å². The molecule has 1 aromatic heterocycles. The molecule has 0 saturated heterocycles. The number of benzene rings is 4. The van der Waals surface area contributed by atoms with E-state index in [4.69, 9.17) is 11.6 Å². The first-order valence-electron chi connectivity index (χ1n) is 13.7. The third-order valence-electron chi connectivity index (χ3n) is 6.43. The molecule has 0 aliphatic carbocycles. The summed E-state index contributed by atoms with van der Waals surface area (Å²) in [4.78, 5) is 24.1. The number of hydrogen-bond donors (Lipinski definition) is 3. The molecular formula is C29H21ClN8Na2O9S3. The van der Waals surface area contributed by atoms with E-state index in [0.29, 0.717) is 23.4 Å². The van der Waals surface area contributed by atoms with Crippen molar-refractivity contribution in [3.63, 3.8) is 0 Å². The number of rotatable bonds is 13. The Labute approximate surface area is 350 Å². The second-order valence-electron chi connectivity index (χ2n) is 9.82. The summed E-state index contributed by atoms with van der Waals surface area (Å²) < 4.78 is 64.2. The zero-order valence-electron chi connectivity index (χ0n) is 27.2. The van der Waals surface area contributed by atoms with E-state index in [1.165, 1.54) is 67.6 Å². The van der Waals surface area contributed by atoms with Crippen LogP contribution in [0.3, 0.4) is 0 Å². The second kappa shape index (κ2) is 18.8. The maximum absolute atomic E-state index is 12.0. The zero-order valence-corrected chi connectivity index (χ0v) is 34.4. The Morgan fingerprint density at radius 1 is 0.904 bits per heavy atom. The number of halogens is 1. The summed E-state index contributed by atoms with van der Waals surface area (Å²) >= 11 is 6.59. The predicted molar refractivity (Wildman–Crippen MR) is 180 cm³/mol. The zero-order chi connectivity index (χ0) is 36.1. The van der Waals surface area contributed by atoms with Crippen LogP contribution in [0.1, 0.15) is 6.92 Å². The van der Waals surface area contributed by atoms with Crippen LogP contribution in [0.5, 0.6) is 0 Å². The minimum atomic E-state index is -4.90. The summed E-state index contributed by atoms with van der Waals surface area (Å²) in [5.74, 6) is -0.395. The van der Waals surface area contributed by atoms with Gasteiger partial charge < -0.3 is 25.8 Å². The molecule has 4 aromatic carbocycles. The molecule has 258 valence electrons. The first-order chi connectivity index (χ1) is 23.7. The van der Waals surface area contributed by atoms with Gasteiger partial charge in [0.15, 0.2) is 9.84 Å². The molecule has 1 amide bonds. The number of anilines is 5. The molecule has 0 saturated carbocycles. The van der Waals surface area contributed by atoms with Crippen LogP contribution >= 0.6 is 23.6 Å². The minimum Gasteiger partial charge on any atom is -0.744 e. The van der Waals surface area contributed by atoms with Crippen molar-refractivity contribution in [1.82, 2.24) is 15.0 Å². The van der Waals surface area contributed by atoms with Gasteiger partial charge in [-0.25, -0.2) is 16.8 Å². The van der Waals surface area contributed by atoms with E-state index < -0.39 is 30.8 Å². The van der Waals surface area contributed by atoms with Crippen LogP contribution < -0.4 is 80.3 Å². The first kappa shape index (κ1) is 43.3. The molecule has 0 atom stereocenters. The Bertz CT molecular complexity index is 2380. The third kappa shape index (κ3) is 11.2. The summed E-state index contributed by atoms with van der Waals surface area (Å²) in [5, 5.41) is 31.7. The van der Waals surface area contributed by atoms with Crippen molar-refractivity contribution in [3.8, 4) is 0 Å². The molecule has 0 aliphatic rings. The number of fused-ring (bicyclic) bond motifs is 1. The Hall–Kier alpha value is -3.06. The van der Waals surface area contributed by atoms with Gasteiger partial charge in [-0.15, -0.1) is 5.11 Å². The number of carbonyl (C=O) groups excluding carboxylic acids is 1. The fourth-order valence-corrected chi connectivity index (χ4v) is 6.44. The van der Waals surface area contributed by atoms with Gasteiger partial charge in [0.1, 0.15) is 15.8 Å². The van der Waals surface area contributed by atoms with Crippen LogP contribution in [-0.2, 0) is 34.1 Å². The third-order valence-corrected chi connectivity index (χ3v) is 9.50. The van der Waals surface area contributed by atoms with Crippen LogP contribution in [0.2, 0.25) is 5.28 Å². The molecule has 5 rings (SSSR count). The summed E-state index contributed by atoms with van der Waals surface area (Å²) in [6, 6.07) is 17.1. The minimum absolute atomic E-state index is 0. The summed E-state index contributed by atoms with van der Waals surface area (Å²) in [6.45, 7) is 4.58. The molecule has 0 radical (unpaired) electrons. The molecule has 0 bridgehead atoms. The molecule has 0 spiro atoms. The largest absolute Gasteiger partial charge is 1.00 e. The number of azo groups is 1. The molecule has 0 aliphatic heterocycles. The van der Waals surface area contributed by atoms with Crippen LogP contribution in [0.25, 0.3) is 10.8 Å². The molecule has 17 nitrogen and oxygen atoms in total. The van der Waals surface area contributed by atoms with Crippen LogP contribution in [0.4, 0.5) is 40.3 Å². The molecule has 0 unspecified atom stereocenters. The smallest absolute Gasteiger partial charge is 0.744 e. The Kier molecular flexibility index (Phi) is 15.7. The Morgan fingerprint density at radius 3 is 2.17 bits per heavy atom. The summed E-state index contributed by atoms with van der Waals surface area (Å²) in [7, 11) is -8.51. The summed E-state index contributed by atoms with van der Waals surface area (Å²) in [6.07, 6.45) is 0. The van der Waals surface area contributed by atoms with E-state index in [9.17, 15) is 31.4 Å². The van der Waals surface area contributed by atoms with Gasteiger partial charge in [0, 0.05) is 34.0 Å². The van der Waals surface area contributed by atoms with Gasteiger partial charge in [-0.2, -0.15) is 24.4 Å². The molecule has 5 aromatic rings. The van der Waals surface area contributed by atoms with Gasteiger partial charge in [0.05, 0.1) is 33.2 Å². The average Bonchev–Trinajstić information content (AvgIpc) is 3.06. The Balaban J connectivity index is 0.00000364. The van der Waals surface area contributed by atoms with E-state index in [-0.39, 0.29) is 114 Å². The Morgan fingerprint density at radius 2 is 1.56 bits per heavy atom. The SMILES string of the molecule is C=CS(=O)(=O)c1ccc(Nc2nc(Cl)nc(Nc3ccc(N=Nc4cc(SOO[O-])c5cccc(S(=O)(=O)[O-])c5c4)c(NC(C)=O)c3)n2)cc1.[Na+].[Na+]. The van der Waals surface area contributed by atoms with Crippen molar-refractivity contribution < 1.29 is 99.9 Å². The van der Waals surface area contributed by atoms with E-state index >= 15 is 0 Å². The van der Waals surface area contributed by atoms with E-state index in [1.807, 2.05) is 0 Å². The predicted octanol–water partition coefficient (Wildman–Crippen LogP) is -0.401. The molecule has 0 fully saturated rings. The van der Waals surface area contributed by atoms with Gasteiger partial charge in [-0.3, -0.25) is 9.83 Å². The van der Waals surface area contributed by atoms with Crippen LogP contribution in [0, 0.1) is 0 Å². The van der Waals surface area contributed by atoms with Crippen molar-refractivity contribution in [2.75, 3.05) is 16.0 Å². The molecule has 52 heavy (non-hydrogen) atoms. The van der Waals surface area contributed by atoms with Gasteiger partial charge >= 0.3 is 59.1 Å². The monoisotopic (exact) mass is 802 g/mol. The number of sulfone groups is 1. The maximum Gasteiger partial charge on any atom is 1.00 e. The van der Waals surface area contributed by atoms with Crippen LogP contribution in [0.15, 0.2) is 110 Å². The van der Waals surface area contributed by atoms with Crippen LogP contribution in [-0.4, -0.2) is 42.2 Å². The molecule has 3 N–H and O–H groups in total. The fraction of sp³-hybridized carbons (Fsp3) is 0.0345. The van der Waals surface area contributed by atoms with Crippen molar-refractivity contribution in [3.05, 3.63) is 90.1 Å². The average molecular weight is 803 g/mol. The van der Waals surface area contributed by atoms with Crippen molar-refractivity contribution in [2.45, 2.75) is 21.6 Å². The van der Waals surface area contributed by atoms with Gasteiger partial charge in [0.25, 0.3) is 0 Å². The van der Waals surface area contributed by atoms with Crippen molar-refractivity contribution >= 4 is 101 Å². The van der Waals surface area contributed by atoms with E-state index in [0.717, 1.165) is 11.5 Å². The summed E-state index contributed by atoms with van der Waals surface area (Å²) in [5.41, 5.74) is 1.27. The number of amides is 1. The molecule has 23 heteroatoms. The van der Waals surface area contributed by atoms with Crippen molar-refractivity contribution in [2.24, 2.45) is 10.2 Å². The number of aromatic nitrogens is 3. The molecular weight excluding hydrogens is 782 g/mol. The normalized spacial score (nSPS) is 11.4. The number of hydrogen-bond acceptors (Lipinski definition) is 17. The second-order valence-corrected chi connectivity index (χ2v) is 14.1. The standard InChI is InChI=1S/C29H23ClN8O9S3.2Na/c1-3-49(41,42)20-10-7-17(8-11-20)32-28-34-27(30)35-29(36-28)33-18-9-12-23(24(14-18)31-16(2)39)38-37-19-13-22-21(25(15-19)48-47-46-40)5-4-6-26(22)50(43,44)45;;/h3-15,40H,1H2,2H3,(H,31,39)(H,43,44,45)(H2,32,33,34,35,36);;/q;2*+1/p-2. The number of nitrogens with zero attached hydrogens (tertiary/aromatic N) is 5. The molecule has 1 heterocycles. The number of carbonyl (C=O) groups is 1. The van der Waals surface area contributed by atoms with E-state index in [1.54, 1.807) is 6.07 Å². The topological polar surface area (TPSA) is 249 Å². The fourth-order valence-electron chi connectivity index (χ4n) is 4.35. The van der Waals surface area contributed by atoms with E-state index in [2.05, 4.69) is 57.1 Å². The van der Waals surface area contributed by atoms with Gasteiger partial charge in [-0.05, 0) is 77.7 Å². The van der Waals surface area contributed by atoms with Crippen molar-refractivity contribution in [1.29, 1.82) is 0 Å². The van der Waals surface area contributed by atoms with Gasteiger partial charge in [0.2, 0.25) is 23.1 Å². The maximum atomic E-state index is 12.0. The number of nitrogens with one attached hydrogen (secondary N) is 3.